The van der Waals surface area contributed by atoms with Crippen LogP contribution in [-0.2, 0) is 14.3 Å². The second-order valence-electron chi connectivity index (χ2n) is 4.09. The summed E-state index contributed by atoms with van der Waals surface area (Å²) in [6.45, 7) is 1.73. The lowest BCUT2D eigenvalue weighted by atomic mass is 10.1. The predicted octanol–water partition coefficient (Wildman–Crippen LogP) is 2.15. The average Bonchev–Trinajstić information content (AvgIpc) is 2.40. The van der Waals surface area contributed by atoms with Gasteiger partial charge >= 0.3 is 5.97 Å². The third-order valence-corrected chi connectivity index (χ3v) is 3.06. The van der Waals surface area contributed by atoms with E-state index in [1.807, 2.05) is 0 Å². The van der Waals surface area contributed by atoms with E-state index in [-0.39, 0.29) is 10.6 Å². The molecule has 1 aromatic carbocycles. The first-order chi connectivity index (χ1) is 9.40. The van der Waals surface area contributed by atoms with Gasteiger partial charge in [0.05, 0.1) is 5.02 Å². The van der Waals surface area contributed by atoms with Gasteiger partial charge in [0.1, 0.15) is 11.9 Å². The molecular weight excluding hydrogens is 289 g/mol. The highest BCUT2D eigenvalue weighted by atomic mass is 35.5. The number of amides is 1. The zero-order chi connectivity index (χ0) is 15.3. The van der Waals surface area contributed by atoms with Crippen LogP contribution < -0.4 is 5.32 Å². The number of hydrogen-bond acceptors (Lipinski definition) is 3. The molecule has 110 valence electrons. The van der Waals surface area contributed by atoms with Gasteiger partial charge in [0.25, 0.3) is 0 Å². The summed E-state index contributed by atoms with van der Waals surface area (Å²) >= 11 is 5.54. The molecule has 2 atom stereocenters. The van der Waals surface area contributed by atoms with Gasteiger partial charge in [-0.1, -0.05) is 24.6 Å². The number of aliphatic carboxylic acids is 1. The maximum atomic E-state index is 13.4. The molecule has 1 amide bonds. The second kappa shape index (κ2) is 7.21. The van der Waals surface area contributed by atoms with Crippen molar-refractivity contribution >= 4 is 23.5 Å². The molecule has 0 aliphatic rings. The number of benzene rings is 1. The molecule has 7 heteroatoms. The fourth-order valence-corrected chi connectivity index (χ4v) is 1.79. The maximum absolute atomic E-state index is 13.4. The number of nitrogens with one attached hydrogen (secondary N) is 1. The Kier molecular flexibility index (Phi) is 5.91. The molecular formula is C13H15ClFNO4. The molecule has 0 spiro atoms. The van der Waals surface area contributed by atoms with Crippen LogP contribution in [0.25, 0.3) is 0 Å². The molecule has 0 aliphatic carbocycles. The minimum Gasteiger partial charge on any atom is -0.479 e. The lowest BCUT2D eigenvalue weighted by Crippen LogP contribution is -2.40. The largest absolute Gasteiger partial charge is 0.479 e. The third kappa shape index (κ3) is 3.91. The quantitative estimate of drug-likeness (QED) is 0.844. The molecule has 1 rings (SSSR count). The van der Waals surface area contributed by atoms with Crippen LogP contribution in [0.3, 0.4) is 0 Å². The van der Waals surface area contributed by atoms with Crippen molar-refractivity contribution in [3.8, 4) is 0 Å². The van der Waals surface area contributed by atoms with Crippen molar-refractivity contribution in [2.24, 2.45) is 0 Å². The van der Waals surface area contributed by atoms with Crippen LogP contribution in [0.15, 0.2) is 18.2 Å². The van der Waals surface area contributed by atoms with Crippen molar-refractivity contribution in [2.45, 2.75) is 25.5 Å². The van der Waals surface area contributed by atoms with Gasteiger partial charge in [-0.25, -0.2) is 9.18 Å². The smallest absolute Gasteiger partial charge is 0.330 e. The zero-order valence-corrected chi connectivity index (χ0v) is 11.8. The first-order valence-electron chi connectivity index (χ1n) is 5.91. The fourth-order valence-electron chi connectivity index (χ4n) is 1.67. The van der Waals surface area contributed by atoms with E-state index >= 15 is 0 Å². The molecule has 2 unspecified atom stereocenters. The summed E-state index contributed by atoms with van der Waals surface area (Å²) in [6, 6.07) is 2.20. The lowest BCUT2D eigenvalue weighted by molar-refractivity contribution is -0.144. The highest BCUT2D eigenvalue weighted by molar-refractivity contribution is 6.30. The molecule has 0 radical (unpaired) electrons. The van der Waals surface area contributed by atoms with E-state index in [1.54, 1.807) is 6.92 Å². The Hall–Kier alpha value is -1.66. The van der Waals surface area contributed by atoms with E-state index in [0.29, 0.717) is 6.42 Å². The molecule has 0 bridgehead atoms. The lowest BCUT2D eigenvalue weighted by Gasteiger charge is -2.19. The predicted molar refractivity (Wildman–Crippen MR) is 71.0 cm³/mol. The molecule has 20 heavy (non-hydrogen) atoms. The topological polar surface area (TPSA) is 75.6 Å². The number of hydrogen-bond donors (Lipinski definition) is 2. The monoisotopic (exact) mass is 303 g/mol. The van der Waals surface area contributed by atoms with Crippen LogP contribution in [0.4, 0.5) is 4.39 Å². The Balaban J connectivity index is 2.97. The van der Waals surface area contributed by atoms with Crippen molar-refractivity contribution in [2.75, 3.05) is 7.11 Å². The summed E-state index contributed by atoms with van der Waals surface area (Å²) in [5.41, 5.74) is 0.0960. The Morgan fingerprint density at radius 3 is 2.60 bits per heavy atom. The van der Waals surface area contributed by atoms with Crippen molar-refractivity contribution in [3.63, 3.8) is 0 Å². The first-order valence-corrected chi connectivity index (χ1v) is 6.29. The summed E-state index contributed by atoms with van der Waals surface area (Å²) in [5.74, 6) is -2.62. The molecule has 0 fully saturated rings. The normalized spacial score (nSPS) is 13.6. The highest BCUT2D eigenvalue weighted by Crippen LogP contribution is 2.21. The molecule has 0 heterocycles. The van der Waals surface area contributed by atoms with Crippen molar-refractivity contribution in [3.05, 3.63) is 34.6 Å². The Morgan fingerprint density at radius 2 is 2.15 bits per heavy atom. The minimum absolute atomic E-state index is 0.0960. The number of halogens is 2. The molecule has 0 saturated heterocycles. The van der Waals surface area contributed by atoms with Crippen LogP contribution in [0, 0.1) is 5.82 Å². The van der Waals surface area contributed by atoms with E-state index in [9.17, 15) is 14.0 Å². The number of carbonyl (C=O) groups excluding carboxylic acids is 1. The highest BCUT2D eigenvalue weighted by Gasteiger charge is 2.26. The van der Waals surface area contributed by atoms with Crippen LogP contribution in [-0.4, -0.2) is 30.2 Å². The fraction of sp³-hybridized carbons (Fsp3) is 0.385. The van der Waals surface area contributed by atoms with Crippen molar-refractivity contribution in [1.29, 1.82) is 0 Å². The van der Waals surface area contributed by atoms with Crippen molar-refractivity contribution in [1.82, 2.24) is 5.32 Å². The number of carbonyl (C=O) groups is 2. The van der Waals surface area contributed by atoms with Gasteiger partial charge in [-0.3, -0.25) is 4.79 Å². The van der Waals surface area contributed by atoms with Gasteiger partial charge in [-0.2, -0.15) is 0 Å². The van der Waals surface area contributed by atoms with Crippen LogP contribution in [0.5, 0.6) is 0 Å². The van der Waals surface area contributed by atoms with Crippen LogP contribution in [0.2, 0.25) is 5.02 Å². The molecule has 0 aliphatic heterocycles. The van der Waals surface area contributed by atoms with E-state index in [2.05, 4.69) is 5.32 Å². The number of carboxylic acid groups (broad SMARTS) is 1. The van der Waals surface area contributed by atoms with Crippen LogP contribution >= 0.6 is 11.6 Å². The van der Waals surface area contributed by atoms with Gasteiger partial charge in [-0.05, 0) is 24.1 Å². The van der Waals surface area contributed by atoms with E-state index < -0.39 is 29.8 Å². The first kappa shape index (κ1) is 16.4. The summed E-state index contributed by atoms with van der Waals surface area (Å²) in [5, 5.41) is 11.3. The molecule has 1 aromatic rings. The molecule has 5 nitrogen and oxygen atoms in total. The summed E-state index contributed by atoms with van der Waals surface area (Å²) in [4.78, 5) is 23.0. The minimum atomic E-state index is -1.36. The number of methoxy groups -OCH3 is 1. The maximum Gasteiger partial charge on any atom is 0.330 e. The van der Waals surface area contributed by atoms with Crippen molar-refractivity contribution < 1.29 is 23.8 Å². The van der Waals surface area contributed by atoms with E-state index in [1.165, 1.54) is 19.2 Å². The number of ether oxygens (including phenoxy) is 1. The molecule has 2 N–H and O–H groups in total. The summed E-state index contributed by atoms with van der Waals surface area (Å²) in [6.07, 6.45) is -0.363. The third-order valence-electron chi connectivity index (χ3n) is 2.76. The summed E-state index contributed by atoms with van der Waals surface area (Å²) in [7, 11) is 1.35. The average molecular weight is 304 g/mol. The number of carboxylic acids is 1. The molecule has 0 aromatic heterocycles. The van der Waals surface area contributed by atoms with Gasteiger partial charge < -0.3 is 15.2 Å². The van der Waals surface area contributed by atoms with Gasteiger partial charge in [0, 0.05) is 7.11 Å². The van der Waals surface area contributed by atoms with Gasteiger partial charge in [-0.15, -0.1) is 0 Å². The zero-order valence-electron chi connectivity index (χ0n) is 11.0. The van der Waals surface area contributed by atoms with E-state index in [4.69, 9.17) is 21.4 Å². The summed E-state index contributed by atoms with van der Waals surface area (Å²) < 4.78 is 18.3. The van der Waals surface area contributed by atoms with Gasteiger partial charge in [0.15, 0.2) is 6.04 Å². The van der Waals surface area contributed by atoms with Gasteiger partial charge in [0.2, 0.25) is 5.91 Å². The molecule has 0 saturated carbocycles. The Labute approximate surface area is 120 Å². The second-order valence-corrected chi connectivity index (χ2v) is 4.49. The SMILES string of the molecule is CCC(OC)C(=O)NC(C(=O)O)c1ccc(Cl)c(F)c1. The standard InChI is InChI=1S/C13H15ClFNO4/c1-3-10(20-2)12(17)16-11(13(18)19)7-4-5-8(14)9(15)6-7/h4-6,10-11H,3H2,1-2H3,(H,16,17)(H,18,19). The number of rotatable bonds is 6. The van der Waals surface area contributed by atoms with Crippen LogP contribution in [0.1, 0.15) is 24.9 Å². The Bertz CT molecular complexity index is 505. The Morgan fingerprint density at radius 1 is 1.50 bits per heavy atom. The van der Waals surface area contributed by atoms with E-state index in [0.717, 1.165) is 6.07 Å².